The number of fused-ring (bicyclic) bond motifs is 4. The van der Waals surface area contributed by atoms with E-state index in [1.54, 1.807) is 0 Å². The van der Waals surface area contributed by atoms with Crippen LogP contribution in [-0.4, -0.2) is 23.4 Å². The van der Waals surface area contributed by atoms with Crippen LogP contribution in [0.15, 0.2) is 158 Å². The molecule has 12 aromatic carbocycles. The van der Waals surface area contributed by atoms with Gasteiger partial charge in [0, 0.05) is 50.9 Å². The molecule has 0 heterocycles. The van der Waals surface area contributed by atoms with Crippen LogP contribution in [0.5, 0.6) is 23.0 Å². The Labute approximate surface area is 739 Å². The largest absolute Gasteiger partial charge is 0.507 e. The van der Waals surface area contributed by atoms with E-state index >= 15 is 8.78 Å². The van der Waals surface area contributed by atoms with Crippen LogP contribution in [0.2, 0.25) is 0 Å². The van der Waals surface area contributed by atoms with E-state index in [1.165, 1.54) is 68.8 Å². The van der Waals surface area contributed by atoms with E-state index in [9.17, 15) is 10.2 Å². The molecule has 123 heavy (non-hydrogen) atoms. The number of ether oxygens (including phenoxy) is 2. The van der Waals surface area contributed by atoms with E-state index in [-0.39, 0.29) is 78.9 Å². The molecule has 6 heteroatoms. The summed E-state index contributed by atoms with van der Waals surface area (Å²) in [6.07, 6.45) is 1.98. The van der Waals surface area contributed by atoms with Crippen molar-refractivity contribution in [2.24, 2.45) is 10.8 Å². The second-order valence-electron chi connectivity index (χ2n) is 48.5. The van der Waals surface area contributed by atoms with Crippen LogP contribution < -0.4 is 9.47 Å². The Balaban J connectivity index is 1.02. The second-order valence-corrected chi connectivity index (χ2v) is 48.5. The molecule has 652 valence electrons. The van der Waals surface area contributed by atoms with E-state index in [0.29, 0.717) is 62.4 Å². The number of benzene rings is 12. The monoisotopic (exact) mass is 1650 g/mol. The number of rotatable bonds is 16. The van der Waals surface area contributed by atoms with Gasteiger partial charge in [0.25, 0.3) is 0 Å². The van der Waals surface area contributed by atoms with E-state index in [1.807, 2.05) is 13.8 Å². The minimum atomic E-state index is -0.453. The van der Waals surface area contributed by atoms with Gasteiger partial charge in [-0.2, -0.15) is 0 Å². The summed E-state index contributed by atoms with van der Waals surface area (Å²) in [5, 5.41) is 36.2. The molecular formula is C117H146F2O4. The summed E-state index contributed by atoms with van der Waals surface area (Å²) < 4.78 is 47.9. The highest BCUT2D eigenvalue weighted by Gasteiger charge is 2.37. The highest BCUT2D eigenvalue weighted by atomic mass is 19.1. The van der Waals surface area contributed by atoms with Crippen LogP contribution in [-0.2, 0) is 54.1 Å². The molecule has 0 aliphatic heterocycles. The molecule has 0 radical (unpaired) electrons. The zero-order chi connectivity index (χ0) is 91.3. The lowest BCUT2D eigenvalue weighted by Gasteiger charge is -2.34. The molecule has 0 atom stereocenters. The maximum atomic E-state index is 16.9. The number of hydrogen-bond acceptors (Lipinski definition) is 4. The first-order valence-electron chi connectivity index (χ1n) is 45.3. The third kappa shape index (κ3) is 19.4. The van der Waals surface area contributed by atoms with E-state index in [2.05, 4.69) is 369 Å². The van der Waals surface area contributed by atoms with Crippen molar-refractivity contribution in [3.63, 3.8) is 0 Å². The van der Waals surface area contributed by atoms with Crippen molar-refractivity contribution in [1.29, 1.82) is 0 Å². The van der Waals surface area contributed by atoms with E-state index < -0.39 is 22.5 Å². The molecule has 12 aromatic rings. The predicted molar refractivity (Wildman–Crippen MR) is 528 cm³/mol. The van der Waals surface area contributed by atoms with E-state index in [0.717, 1.165) is 100 Å². The minimum absolute atomic E-state index is 0.0271. The number of halogens is 2. The van der Waals surface area contributed by atoms with Crippen molar-refractivity contribution in [3.8, 4) is 89.8 Å². The van der Waals surface area contributed by atoms with Crippen molar-refractivity contribution in [2.75, 3.05) is 13.2 Å². The summed E-state index contributed by atoms with van der Waals surface area (Å²) in [4.78, 5) is 0. The Hall–Kier alpha value is -9.26. The van der Waals surface area contributed by atoms with Crippen LogP contribution >= 0.6 is 0 Å². The fraction of sp³-hybridized carbons (Fsp3) is 0.453. The Morgan fingerprint density at radius 3 is 0.724 bits per heavy atom. The van der Waals surface area contributed by atoms with Gasteiger partial charge in [-0.25, -0.2) is 8.78 Å². The fourth-order valence-corrected chi connectivity index (χ4v) is 19.1. The quantitative estimate of drug-likeness (QED) is 0.0748. The molecule has 4 nitrogen and oxygen atoms in total. The molecule has 0 unspecified atom stereocenters. The van der Waals surface area contributed by atoms with Crippen LogP contribution in [0.4, 0.5) is 8.78 Å². The zero-order valence-corrected chi connectivity index (χ0v) is 82.0. The van der Waals surface area contributed by atoms with Gasteiger partial charge >= 0.3 is 0 Å². The summed E-state index contributed by atoms with van der Waals surface area (Å²) in [6, 6.07) is 56.9. The normalized spacial score (nSPS) is 13.5. The first-order chi connectivity index (χ1) is 56.2. The minimum Gasteiger partial charge on any atom is -0.507 e. The maximum absolute atomic E-state index is 16.9. The molecule has 0 aliphatic carbocycles. The van der Waals surface area contributed by atoms with Gasteiger partial charge in [-0.15, -0.1) is 0 Å². The topological polar surface area (TPSA) is 58.9 Å². The number of hydrogen-bond donors (Lipinski definition) is 2. The predicted octanol–water partition coefficient (Wildman–Crippen LogP) is 34.3. The van der Waals surface area contributed by atoms with Crippen molar-refractivity contribution >= 4 is 43.1 Å². The van der Waals surface area contributed by atoms with Crippen LogP contribution in [0.25, 0.3) is 110 Å². The molecule has 0 spiro atoms. The lowest BCUT2D eigenvalue weighted by atomic mass is 9.71. The van der Waals surface area contributed by atoms with Gasteiger partial charge in [-0.3, -0.25) is 0 Å². The van der Waals surface area contributed by atoms with Gasteiger partial charge in [0.1, 0.15) is 34.6 Å². The Bertz CT molecular complexity index is 5520. The summed E-state index contributed by atoms with van der Waals surface area (Å²) in [5.41, 5.74) is 20.0. The molecular weight excluding hydrogens is 1510 g/mol. The summed E-state index contributed by atoms with van der Waals surface area (Å²) in [7, 11) is 0. The van der Waals surface area contributed by atoms with Gasteiger partial charge in [0.05, 0.1) is 13.2 Å². The van der Waals surface area contributed by atoms with Gasteiger partial charge in [-0.05, 0) is 297 Å². The van der Waals surface area contributed by atoms with Crippen LogP contribution in [0.1, 0.15) is 321 Å². The second kappa shape index (κ2) is 32.0. The fourth-order valence-electron chi connectivity index (χ4n) is 19.1. The van der Waals surface area contributed by atoms with Crippen molar-refractivity contribution in [1.82, 2.24) is 0 Å². The number of aromatic hydroxyl groups is 2. The van der Waals surface area contributed by atoms with Gasteiger partial charge in [-0.1, -0.05) is 320 Å². The molecule has 0 bridgehead atoms. The van der Waals surface area contributed by atoms with Crippen LogP contribution in [0, 0.1) is 36.3 Å². The highest BCUT2D eigenvalue weighted by molar-refractivity contribution is 6.24. The number of aryl methyl sites for hydroxylation is 2. The Morgan fingerprint density at radius 1 is 0.244 bits per heavy atom. The first kappa shape index (κ1) is 92.9. The molecule has 0 amide bonds. The molecule has 0 aromatic heterocycles. The molecule has 0 aliphatic rings. The lowest BCUT2D eigenvalue weighted by molar-refractivity contribution is 0.246. The average Bonchev–Trinajstić information content (AvgIpc) is 0.716. The zero-order valence-electron chi connectivity index (χ0n) is 82.0. The third-order valence-electron chi connectivity index (χ3n) is 25.7. The first-order valence-corrected chi connectivity index (χ1v) is 45.3. The Morgan fingerprint density at radius 2 is 0.488 bits per heavy atom. The van der Waals surface area contributed by atoms with E-state index in [4.69, 9.17) is 9.47 Å². The summed E-state index contributed by atoms with van der Waals surface area (Å²) in [5.74, 6) is 0.0430. The number of phenols is 2. The Kier molecular flexibility index (Phi) is 24.2. The van der Waals surface area contributed by atoms with Gasteiger partial charge in [0.2, 0.25) is 0 Å². The van der Waals surface area contributed by atoms with Crippen molar-refractivity contribution < 1.29 is 28.5 Å². The molecule has 0 saturated carbocycles. The molecule has 0 saturated heterocycles. The van der Waals surface area contributed by atoms with Crippen molar-refractivity contribution in [3.05, 3.63) is 236 Å². The smallest absolute Gasteiger partial charge is 0.131 e. The third-order valence-corrected chi connectivity index (χ3v) is 25.7. The SMILES string of the molecule is Cc1cc(F)cc(-c2cc(C(C)(C)CC(C)(C)C)cc(-c3c4ccc(C(C)(C)C)cc4c(-c4cc(C(C)(C)C)cc(C(C)(C)C)c4)c4cc(C(C)(C)C)ccc34)c2O)c1OCCCOc1c(C)cc(F)cc1-c1cc(C(C)(C)CC(C)(C)C)cc(-c2c3ccc(C(C)(C)C)cc3c(-c3cc(C(C)(C)C)cc(C(C)(C)C)c3)c3cc(C(C)(C)C)ccc23)c1O. The van der Waals surface area contributed by atoms with Gasteiger partial charge < -0.3 is 19.7 Å². The average molecular weight is 1650 g/mol. The lowest BCUT2D eigenvalue weighted by Crippen LogP contribution is -2.25. The summed E-state index contributed by atoms with van der Waals surface area (Å²) >= 11 is 0. The highest BCUT2D eigenvalue weighted by Crippen LogP contribution is 2.57. The van der Waals surface area contributed by atoms with Crippen molar-refractivity contribution in [2.45, 2.75) is 323 Å². The molecule has 12 rings (SSSR count). The summed E-state index contributed by atoms with van der Waals surface area (Å²) in [6.45, 7) is 81.7. The molecule has 0 fully saturated rings. The standard InChI is InChI=1S/C117H146F2O4/c1-68-48-82(118)64-94(92-60-80(116(33,34)66-106(3,4)5)62-96(102(92)120)100-84-42-38-72(108(9,10)11)56-88(84)98(89-57-73(109(12,13)14)39-43-85(89)100)70-50-76(112(21,22)23)54-77(51-70)113(24,25)26)104(68)122-46-37-47-123-105-69(2)49-83(119)65-95(105)93-61-81(117(35,36)67-107(6,7)8)63-97(103(93)121)101-86-44-40-74(110(15,16)17)58-90(86)99(91-59-75(111(18,19)20)41-45-87(91)101)71-52-78(114(27,28)29)55-79(53-71)115(30,31)32/h38-45,48-65,120-121H,37,46-47,66-67H2,1-36H3. The molecule has 2 N–H and O–H groups in total. The van der Waals surface area contributed by atoms with Gasteiger partial charge in [0.15, 0.2) is 0 Å². The maximum Gasteiger partial charge on any atom is 0.131 e. The van der Waals surface area contributed by atoms with Crippen LogP contribution in [0.3, 0.4) is 0 Å². The number of phenolic OH excluding ortho intramolecular Hbond substituents is 2.